The van der Waals surface area contributed by atoms with Crippen LogP contribution in [0.1, 0.15) is 0 Å². The van der Waals surface area contributed by atoms with Gasteiger partial charge in [-0.3, -0.25) is 0 Å². The van der Waals surface area contributed by atoms with Crippen molar-refractivity contribution in [2.45, 2.75) is 0 Å². The van der Waals surface area contributed by atoms with Crippen molar-refractivity contribution in [3.63, 3.8) is 0 Å². The van der Waals surface area contributed by atoms with Gasteiger partial charge < -0.3 is 18.3 Å². The van der Waals surface area contributed by atoms with Crippen molar-refractivity contribution in [2.75, 3.05) is 0 Å². The van der Waals surface area contributed by atoms with E-state index in [1.807, 2.05) is 22.7 Å². The molecule has 0 aliphatic rings. The summed E-state index contributed by atoms with van der Waals surface area (Å²) in [4.78, 5) is 2.60. The maximum atomic E-state index is 2.48. The van der Waals surface area contributed by atoms with Gasteiger partial charge in [-0.2, -0.15) is 0 Å². The van der Waals surface area contributed by atoms with E-state index in [2.05, 4.69) is 228 Å². The maximum Gasteiger partial charge on any atom is 0.0568 e. The average molecular weight is 955 g/mol. The topological polar surface area (TPSA) is 19.7 Å². The summed E-state index contributed by atoms with van der Waals surface area (Å²) >= 11 is 3.83. The van der Waals surface area contributed by atoms with E-state index in [4.69, 9.17) is 0 Å². The Hall–Kier alpha value is -8.42. The first-order valence-electron chi connectivity index (χ1n) is 24.8. The Labute approximate surface area is 420 Å². The summed E-state index contributed by atoms with van der Waals surface area (Å²) in [6, 6.07) is 69.2. The van der Waals surface area contributed by atoms with E-state index in [1.54, 1.807) is 0 Å². The molecule has 0 amide bonds. The van der Waals surface area contributed by atoms with Crippen molar-refractivity contribution in [1.82, 2.24) is 18.3 Å². The second-order valence-electron chi connectivity index (χ2n) is 20.3. The van der Waals surface area contributed by atoms with Crippen molar-refractivity contribution >= 4 is 173 Å². The van der Waals surface area contributed by atoms with Crippen LogP contribution >= 0.6 is 22.7 Å². The highest BCUT2D eigenvalue weighted by Crippen LogP contribution is 2.49. The molecule has 11 aromatic carbocycles. The number of aryl methyl sites for hydroxylation is 4. The third kappa shape index (κ3) is 4.95. The molecule has 0 aliphatic heterocycles. The Morgan fingerprint density at radius 1 is 0.250 bits per heavy atom. The molecule has 0 fully saturated rings. The predicted octanol–water partition coefficient (Wildman–Crippen LogP) is 18.6. The van der Waals surface area contributed by atoms with Crippen LogP contribution in [0, 0.1) is 0 Å². The fourth-order valence-electron chi connectivity index (χ4n) is 13.4. The first-order chi connectivity index (χ1) is 35.3. The molecule has 0 saturated heterocycles. The van der Waals surface area contributed by atoms with Crippen molar-refractivity contribution in [2.24, 2.45) is 28.2 Å². The molecule has 6 aromatic heterocycles. The quantitative estimate of drug-likeness (QED) is 0.165. The summed E-state index contributed by atoms with van der Waals surface area (Å²) in [5, 5.41) is 23.3. The van der Waals surface area contributed by atoms with Gasteiger partial charge >= 0.3 is 0 Å². The highest BCUT2D eigenvalue weighted by molar-refractivity contribution is 7.24. The Morgan fingerprint density at radius 2 is 0.569 bits per heavy atom. The lowest BCUT2D eigenvalue weighted by Crippen LogP contribution is -1.89. The number of hydrogen-bond donors (Lipinski definition) is 0. The molecular formula is C66H42N4S2. The van der Waals surface area contributed by atoms with E-state index in [9.17, 15) is 0 Å². The first kappa shape index (κ1) is 39.3. The summed E-state index contributed by atoms with van der Waals surface area (Å²) in [6.07, 6.45) is 0. The number of aromatic nitrogens is 4. The second-order valence-corrected chi connectivity index (χ2v) is 22.4. The van der Waals surface area contributed by atoms with E-state index >= 15 is 0 Å². The number of nitrogens with zero attached hydrogens (tertiary/aromatic N) is 4. The molecule has 6 heterocycles. The molecule has 17 rings (SSSR count). The van der Waals surface area contributed by atoms with E-state index in [1.165, 1.54) is 171 Å². The van der Waals surface area contributed by atoms with Gasteiger partial charge in [-0.1, -0.05) is 121 Å². The van der Waals surface area contributed by atoms with Crippen molar-refractivity contribution in [3.8, 4) is 20.9 Å². The summed E-state index contributed by atoms with van der Waals surface area (Å²) in [7, 11) is 8.96. The van der Waals surface area contributed by atoms with Gasteiger partial charge in [0.25, 0.3) is 0 Å². The fourth-order valence-corrected chi connectivity index (χ4v) is 15.6. The standard InChI is InChI=1S/C66H42N4S2/c1-67-55-33-49-53-29-51(41-17-9-11-19-43(41)65(53)69(3)57(49)31-47(55)45-23-21-35-13-5-7-15-39(35)63(45)67)61-27-37-25-60-38(26-59(37)71-61)28-62(72-60)52-30-54-50-34-56-48(32-58(50)70(4)66(54)44-20-12-10-18-42(44)52)46-24-22-36-14-6-8-16-40(36)64(46)68(56)2/h5-34H,1-4H3. The molecule has 17 aromatic rings. The average Bonchev–Trinajstić information content (AvgIpc) is 4.26. The van der Waals surface area contributed by atoms with E-state index in [0.717, 1.165) is 0 Å². The maximum absolute atomic E-state index is 2.48. The molecule has 72 heavy (non-hydrogen) atoms. The van der Waals surface area contributed by atoms with Gasteiger partial charge in [0.2, 0.25) is 0 Å². The summed E-state index contributed by atoms with van der Waals surface area (Å²) in [6.45, 7) is 0. The SMILES string of the molecule is Cn1c2cc3c4cc(-c5cc6cc7sc(-c8cc9c%10cc%11c(cc%10n(C)c9c9ccccc89)c8ccc9ccccc9c8n%11C)cc7cc6s5)c5ccccc5c4n(C)c3cc2c2ccc3ccccc3c21. The van der Waals surface area contributed by atoms with Crippen LogP contribution < -0.4 is 0 Å². The molecule has 6 heteroatoms. The predicted molar refractivity (Wildman–Crippen MR) is 314 cm³/mol. The summed E-state index contributed by atoms with van der Waals surface area (Å²) < 4.78 is 12.3. The Bertz CT molecular complexity index is 4950. The first-order valence-corrected chi connectivity index (χ1v) is 26.4. The number of rotatable bonds is 2. The second kappa shape index (κ2) is 13.7. The zero-order valence-corrected chi connectivity index (χ0v) is 41.6. The Morgan fingerprint density at radius 3 is 0.972 bits per heavy atom. The van der Waals surface area contributed by atoms with Gasteiger partial charge in [0, 0.05) is 145 Å². The molecule has 4 nitrogen and oxygen atoms in total. The smallest absolute Gasteiger partial charge is 0.0568 e. The molecule has 0 N–H and O–H groups in total. The van der Waals surface area contributed by atoms with Gasteiger partial charge in [0.05, 0.1) is 22.1 Å². The van der Waals surface area contributed by atoms with E-state index < -0.39 is 0 Å². The van der Waals surface area contributed by atoms with Gasteiger partial charge in [-0.25, -0.2) is 0 Å². The number of thiophene rings is 2. The zero-order valence-electron chi connectivity index (χ0n) is 39.9. The highest BCUT2D eigenvalue weighted by atomic mass is 32.1. The molecule has 0 atom stereocenters. The molecule has 0 bridgehead atoms. The van der Waals surface area contributed by atoms with Crippen LogP contribution in [-0.4, -0.2) is 18.3 Å². The monoisotopic (exact) mass is 954 g/mol. The number of fused-ring (bicyclic) bond motifs is 22. The Balaban J connectivity index is 0.828. The van der Waals surface area contributed by atoms with Crippen LogP contribution in [0.2, 0.25) is 0 Å². The van der Waals surface area contributed by atoms with Gasteiger partial charge in [0.15, 0.2) is 0 Å². The van der Waals surface area contributed by atoms with Crippen LogP contribution in [0.5, 0.6) is 0 Å². The van der Waals surface area contributed by atoms with Crippen LogP contribution in [0.3, 0.4) is 0 Å². The number of hydrogen-bond acceptors (Lipinski definition) is 2. The minimum Gasteiger partial charge on any atom is -0.343 e. The minimum atomic E-state index is 1.26. The van der Waals surface area contributed by atoms with Crippen LogP contribution in [0.4, 0.5) is 0 Å². The molecule has 0 aliphatic carbocycles. The third-order valence-electron chi connectivity index (χ3n) is 16.7. The van der Waals surface area contributed by atoms with Gasteiger partial charge in [-0.15, -0.1) is 22.7 Å². The summed E-state index contributed by atoms with van der Waals surface area (Å²) in [5.74, 6) is 0. The van der Waals surface area contributed by atoms with Gasteiger partial charge in [0.1, 0.15) is 0 Å². The van der Waals surface area contributed by atoms with Crippen molar-refractivity contribution in [1.29, 1.82) is 0 Å². The molecule has 0 saturated carbocycles. The van der Waals surface area contributed by atoms with E-state index in [-0.39, 0.29) is 0 Å². The van der Waals surface area contributed by atoms with Gasteiger partial charge in [-0.05, 0) is 93.0 Å². The molecule has 0 radical (unpaired) electrons. The van der Waals surface area contributed by atoms with E-state index in [0.29, 0.717) is 0 Å². The zero-order chi connectivity index (χ0) is 47.4. The Kier molecular flexibility index (Phi) is 7.48. The van der Waals surface area contributed by atoms with Crippen molar-refractivity contribution in [3.05, 3.63) is 182 Å². The number of benzene rings is 11. The molecule has 0 spiro atoms. The highest BCUT2D eigenvalue weighted by Gasteiger charge is 2.23. The fraction of sp³-hybridized carbons (Fsp3) is 0.0606. The third-order valence-corrected chi connectivity index (χ3v) is 19.0. The van der Waals surface area contributed by atoms with Crippen molar-refractivity contribution < 1.29 is 0 Å². The largest absolute Gasteiger partial charge is 0.343 e. The lowest BCUT2D eigenvalue weighted by molar-refractivity contribution is 1.01. The normalized spacial score (nSPS) is 12.7. The minimum absolute atomic E-state index is 1.26. The van der Waals surface area contributed by atoms with Crippen LogP contribution in [0.15, 0.2) is 182 Å². The molecule has 0 unspecified atom stereocenters. The molecule has 338 valence electrons. The lowest BCUT2D eigenvalue weighted by Gasteiger charge is -2.09. The molecular weight excluding hydrogens is 913 g/mol. The van der Waals surface area contributed by atoms with Crippen LogP contribution in [-0.2, 0) is 28.2 Å². The van der Waals surface area contributed by atoms with Crippen LogP contribution in [0.25, 0.3) is 171 Å². The summed E-state index contributed by atoms with van der Waals surface area (Å²) in [5.41, 5.74) is 12.8. The lowest BCUT2D eigenvalue weighted by atomic mass is 9.98.